The molecule has 0 aliphatic carbocycles. The van der Waals surface area contributed by atoms with E-state index in [1.165, 1.54) is 257 Å². The molecule has 0 spiro atoms. The van der Waals surface area contributed by atoms with Crippen LogP contribution in [0.5, 0.6) is 0 Å². The first kappa shape index (κ1) is 104. The third-order valence-corrected chi connectivity index (χ3v) is 22.2. The van der Waals surface area contributed by atoms with Crippen molar-refractivity contribution in [3.63, 3.8) is 0 Å². The molecule has 0 saturated carbocycles. The number of hydrogen-bond acceptors (Lipinski definition) is 15. The number of hydrogen-bond donors (Lipinski definition) is 3. The fourth-order valence-electron chi connectivity index (χ4n) is 13.5. The summed E-state index contributed by atoms with van der Waals surface area (Å²) in [5.74, 6) is 1.04. The Bertz CT molecular complexity index is 2060. The Balaban J connectivity index is 5.25. The highest BCUT2D eigenvalue weighted by atomic mass is 31.2. The van der Waals surface area contributed by atoms with E-state index in [1.54, 1.807) is 0 Å². The number of phosphoric acid groups is 2. The van der Waals surface area contributed by atoms with Gasteiger partial charge in [0.1, 0.15) is 19.3 Å². The molecule has 0 saturated heterocycles. The molecule has 0 aromatic carbocycles. The van der Waals surface area contributed by atoms with Crippen LogP contribution in [0.1, 0.15) is 453 Å². The lowest BCUT2D eigenvalue weighted by Gasteiger charge is -2.21. The second-order valence-electron chi connectivity index (χ2n) is 33.2. The number of unbranched alkanes of at least 4 members (excludes halogenated alkanes) is 50. The molecular weight excluding hydrogens is 1380 g/mol. The van der Waals surface area contributed by atoms with Gasteiger partial charge in [0.05, 0.1) is 26.4 Å². The topological polar surface area (TPSA) is 237 Å². The van der Waals surface area contributed by atoms with Gasteiger partial charge in [-0.2, -0.15) is 0 Å². The van der Waals surface area contributed by atoms with Crippen LogP contribution in [0, 0.1) is 23.7 Å². The molecule has 0 amide bonds. The van der Waals surface area contributed by atoms with E-state index in [1.807, 2.05) is 0 Å². The SMILES string of the molecule is CC(C)CCCCCCCCCCCCCCCCCCCCC(=O)O[C@H](COC(=O)CCCCCCCCCCCCCCCCCCC(C)C)COP(=O)(O)OC[C@@H](O)COP(=O)(O)OC[C@@H](COC(=O)CCCCCCCCCCCC(C)C)OC(=O)CCCCCCCCCCCCCC(C)C. The van der Waals surface area contributed by atoms with Gasteiger partial charge in [0.2, 0.25) is 0 Å². The molecule has 2 unspecified atom stereocenters. The Morgan fingerprint density at radius 1 is 0.236 bits per heavy atom. The van der Waals surface area contributed by atoms with E-state index in [0.717, 1.165) is 114 Å². The highest BCUT2D eigenvalue weighted by Crippen LogP contribution is 2.45. The van der Waals surface area contributed by atoms with E-state index in [4.69, 9.17) is 37.0 Å². The molecule has 0 aromatic rings. The van der Waals surface area contributed by atoms with Gasteiger partial charge in [-0.3, -0.25) is 37.3 Å². The lowest BCUT2D eigenvalue weighted by Crippen LogP contribution is -2.30. The first-order chi connectivity index (χ1) is 51.1. The molecule has 0 rings (SSSR count). The molecule has 0 fully saturated rings. The Morgan fingerprint density at radius 2 is 0.396 bits per heavy atom. The quantitative estimate of drug-likeness (QED) is 0.0222. The highest BCUT2D eigenvalue weighted by molar-refractivity contribution is 7.47. The van der Waals surface area contributed by atoms with Gasteiger partial charge >= 0.3 is 39.5 Å². The van der Waals surface area contributed by atoms with E-state index in [-0.39, 0.29) is 25.7 Å². The molecule has 0 bridgehead atoms. The number of aliphatic hydroxyl groups is 1. The van der Waals surface area contributed by atoms with E-state index in [2.05, 4.69) is 55.4 Å². The van der Waals surface area contributed by atoms with Crippen LogP contribution in [0.4, 0.5) is 0 Å². The normalized spacial score (nSPS) is 13.9. The summed E-state index contributed by atoms with van der Waals surface area (Å²) in [6.45, 7) is 14.3. The number of aliphatic hydroxyl groups excluding tert-OH is 1. The van der Waals surface area contributed by atoms with Gasteiger partial charge in [-0.05, 0) is 49.4 Å². The second kappa shape index (κ2) is 75.7. The molecule has 19 heteroatoms. The lowest BCUT2D eigenvalue weighted by atomic mass is 10.0. The Kier molecular flexibility index (Phi) is 74.3. The molecule has 0 aromatic heterocycles. The summed E-state index contributed by atoms with van der Waals surface area (Å²) in [5.41, 5.74) is 0. The van der Waals surface area contributed by atoms with Gasteiger partial charge in [-0.15, -0.1) is 0 Å². The number of carbonyl (C=O) groups is 4. The van der Waals surface area contributed by atoms with E-state index >= 15 is 0 Å². The zero-order chi connectivity index (χ0) is 78.1. The minimum absolute atomic E-state index is 0.106. The third-order valence-electron chi connectivity index (χ3n) is 20.3. The van der Waals surface area contributed by atoms with Crippen molar-refractivity contribution in [2.24, 2.45) is 23.7 Å². The molecular formula is C87H170O17P2. The fourth-order valence-corrected chi connectivity index (χ4v) is 15.1. The zero-order valence-corrected chi connectivity index (χ0v) is 71.9. The Morgan fingerprint density at radius 3 is 0.585 bits per heavy atom. The van der Waals surface area contributed by atoms with E-state index in [0.29, 0.717) is 25.7 Å². The molecule has 630 valence electrons. The average Bonchev–Trinajstić information content (AvgIpc) is 0.902. The van der Waals surface area contributed by atoms with Crippen molar-refractivity contribution in [2.75, 3.05) is 39.6 Å². The molecule has 0 heterocycles. The van der Waals surface area contributed by atoms with Gasteiger partial charge in [-0.1, -0.05) is 402 Å². The van der Waals surface area contributed by atoms with Crippen LogP contribution >= 0.6 is 15.6 Å². The Hall–Kier alpha value is -1.94. The van der Waals surface area contributed by atoms with Crippen molar-refractivity contribution < 1.29 is 80.2 Å². The van der Waals surface area contributed by atoms with Crippen molar-refractivity contribution in [1.29, 1.82) is 0 Å². The second-order valence-corrected chi connectivity index (χ2v) is 36.1. The van der Waals surface area contributed by atoms with Crippen molar-refractivity contribution in [3.05, 3.63) is 0 Å². The van der Waals surface area contributed by atoms with E-state index in [9.17, 15) is 43.2 Å². The summed E-state index contributed by atoms with van der Waals surface area (Å²) in [6, 6.07) is 0. The monoisotopic (exact) mass is 1550 g/mol. The molecule has 0 radical (unpaired) electrons. The van der Waals surface area contributed by atoms with Crippen LogP contribution in [-0.4, -0.2) is 96.7 Å². The van der Waals surface area contributed by atoms with E-state index < -0.39 is 97.5 Å². The van der Waals surface area contributed by atoms with Gasteiger partial charge in [0.25, 0.3) is 0 Å². The van der Waals surface area contributed by atoms with Crippen LogP contribution in [0.2, 0.25) is 0 Å². The first-order valence-electron chi connectivity index (χ1n) is 44.7. The third kappa shape index (κ3) is 80.1. The minimum Gasteiger partial charge on any atom is -0.462 e. The summed E-state index contributed by atoms with van der Waals surface area (Å²) in [4.78, 5) is 73.3. The molecule has 5 atom stereocenters. The molecule has 106 heavy (non-hydrogen) atoms. The molecule has 17 nitrogen and oxygen atoms in total. The molecule has 0 aliphatic heterocycles. The van der Waals surface area contributed by atoms with Crippen LogP contribution < -0.4 is 0 Å². The van der Waals surface area contributed by atoms with Gasteiger partial charge in [-0.25, -0.2) is 9.13 Å². The average molecular weight is 1550 g/mol. The maximum absolute atomic E-state index is 13.2. The summed E-state index contributed by atoms with van der Waals surface area (Å²) < 4.78 is 68.9. The standard InChI is InChI=1S/C87H170O17P2/c1-77(2)63-55-47-39-31-24-19-15-11-9-10-12-18-22-28-36-45-53-61-69-86(91)103-82(73-97-84(89)67-59-51-43-35-27-21-17-14-13-16-20-25-32-40-48-56-64-78(3)4)75-101-105(93,94)99-71-81(88)72-100-106(95,96)102-76-83(74-98-85(90)68-60-52-44-38-30-34-42-50-58-66-80(7)8)104-87(92)70-62-54-46-37-29-23-26-33-41-49-57-65-79(5)6/h77-83,88H,9-76H2,1-8H3,(H,93,94)(H,95,96)/t81-,82-,83-/m1/s1. The van der Waals surface area contributed by atoms with Gasteiger partial charge in [0, 0.05) is 25.7 Å². The minimum atomic E-state index is -4.97. The summed E-state index contributed by atoms with van der Waals surface area (Å²) >= 11 is 0. The fraction of sp³-hybridized carbons (Fsp3) is 0.954. The largest absolute Gasteiger partial charge is 0.472 e. The lowest BCUT2D eigenvalue weighted by molar-refractivity contribution is -0.161. The summed E-state index contributed by atoms with van der Waals surface area (Å²) in [6.07, 6.45) is 65.3. The van der Waals surface area contributed by atoms with Crippen LogP contribution in [0.25, 0.3) is 0 Å². The predicted octanol–water partition coefficient (Wildman–Crippen LogP) is 26.3. The molecule has 0 aliphatic rings. The van der Waals surface area contributed by atoms with Crippen molar-refractivity contribution in [2.45, 2.75) is 472 Å². The van der Waals surface area contributed by atoms with Gasteiger partial charge in [0.15, 0.2) is 12.2 Å². The van der Waals surface area contributed by atoms with Crippen molar-refractivity contribution >= 4 is 39.5 Å². The maximum Gasteiger partial charge on any atom is 0.472 e. The van der Waals surface area contributed by atoms with Crippen molar-refractivity contribution in [1.82, 2.24) is 0 Å². The predicted molar refractivity (Wildman–Crippen MR) is 437 cm³/mol. The van der Waals surface area contributed by atoms with Gasteiger partial charge < -0.3 is 33.8 Å². The van der Waals surface area contributed by atoms with Crippen LogP contribution in [0.15, 0.2) is 0 Å². The maximum atomic E-state index is 13.2. The van der Waals surface area contributed by atoms with Crippen molar-refractivity contribution in [3.8, 4) is 0 Å². The first-order valence-corrected chi connectivity index (χ1v) is 47.7. The summed E-state index contributed by atoms with van der Waals surface area (Å²) in [5, 5.41) is 10.7. The highest BCUT2D eigenvalue weighted by Gasteiger charge is 2.31. The number of ether oxygens (including phenoxy) is 4. The van der Waals surface area contributed by atoms with Crippen LogP contribution in [-0.2, 0) is 65.4 Å². The summed E-state index contributed by atoms with van der Waals surface area (Å²) in [7, 11) is -9.93. The number of phosphoric ester groups is 2. The molecule has 3 N–H and O–H groups in total. The number of esters is 4. The smallest absolute Gasteiger partial charge is 0.462 e. The zero-order valence-electron chi connectivity index (χ0n) is 70.1. The van der Waals surface area contributed by atoms with Crippen LogP contribution in [0.3, 0.4) is 0 Å². The number of carbonyl (C=O) groups excluding carboxylic acids is 4. The number of rotatable bonds is 84. The Labute approximate surface area is 651 Å².